The zero-order valence-corrected chi connectivity index (χ0v) is 20.2. The zero-order chi connectivity index (χ0) is 24.1. The zero-order valence-electron chi connectivity index (χ0n) is 19.4. The highest BCUT2D eigenvalue weighted by atomic mass is 32.2. The number of rotatable bonds is 7. The fourth-order valence-electron chi connectivity index (χ4n) is 4.12. The first-order valence-corrected chi connectivity index (χ1v) is 12.6. The lowest BCUT2D eigenvalue weighted by atomic mass is 10.1. The summed E-state index contributed by atoms with van der Waals surface area (Å²) in [5.74, 6) is -0.198. The van der Waals surface area contributed by atoms with E-state index in [4.69, 9.17) is 0 Å². The molecule has 1 aliphatic heterocycles. The van der Waals surface area contributed by atoms with Crippen molar-refractivity contribution in [3.63, 3.8) is 0 Å². The third-order valence-electron chi connectivity index (χ3n) is 6.09. The minimum absolute atomic E-state index is 0.0288. The van der Waals surface area contributed by atoms with Crippen molar-refractivity contribution in [2.75, 3.05) is 5.75 Å². The molecule has 4 rings (SSSR count). The molecular weight excluding hydrogens is 447 g/mol. The molecule has 0 aromatic heterocycles. The SMILES string of the molecule is Cc1ccc(C(=O)N2C(C(=O)NC(C)CCc3ccccc3)CSC2c2ccc(F)cc2)cc1. The number of carbonyl (C=O) groups excluding carboxylic acids is 2. The van der Waals surface area contributed by atoms with Gasteiger partial charge in [-0.2, -0.15) is 0 Å². The second kappa shape index (κ2) is 10.9. The second-order valence-corrected chi connectivity index (χ2v) is 9.88. The van der Waals surface area contributed by atoms with E-state index in [1.54, 1.807) is 29.2 Å². The van der Waals surface area contributed by atoms with Gasteiger partial charge in [0, 0.05) is 17.4 Å². The maximum atomic E-state index is 13.6. The monoisotopic (exact) mass is 476 g/mol. The summed E-state index contributed by atoms with van der Waals surface area (Å²) < 4.78 is 13.5. The molecule has 3 unspecified atom stereocenters. The summed E-state index contributed by atoms with van der Waals surface area (Å²) in [6, 6.07) is 23.1. The van der Waals surface area contributed by atoms with Crippen LogP contribution in [0.15, 0.2) is 78.9 Å². The van der Waals surface area contributed by atoms with Crippen molar-refractivity contribution in [3.05, 3.63) is 107 Å². The number of nitrogens with zero attached hydrogens (tertiary/aromatic N) is 1. The van der Waals surface area contributed by atoms with Crippen LogP contribution in [0.2, 0.25) is 0 Å². The van der Waals surface area contributed by atoms with Crippen molar-refractivity contribution in [2.24, 2.45) is 0 Å². The molecule has 0 radical (unpaired) electrons. The molecule has 2 amide bonds. The van der Waals surface area contributed by atoms with Crippen LogP contribution in [0.4, 0.5) is 4.39 Å². The average molecular weight is 477 g/mol. The first-order chi connectivity index (χ1) is 16.4. The van der Waals surface area contributed by atoms with Gasteiger partial charge >= 0.3 is 0 Å². The van der Waals surface area contributed by atoms with Crippen molar-refractivity contribution in [2.45, 2.75) is 44.1 Å². The molecule has 176 valence electrons. The lowest BCUT2D eigenvalue weighted by Crippen LogP contribution is -2.50. The van der Waals surface area contributed by atoms with Gasteiger partial charge in [-0.05, 0) is 62.1 Å². The van der Waals surface area contributed by atoms with E-state index in [1.165, 1.54) is 29.5 Å². The number of aryl methyl sites for hydroxylation is 2. The minimum Gasteiger partial charge on any atom is -0.352 e. The van der Waals surface area contributed by atoms with Crippen molar-refractivity contribution in [1.29, 1.82) is 0 Å². The number of thioether (sulfide) groups is 1. The normalized spacial score (nSPS) is 18.5. The molecule has 3 atom stereocenters. The van der Waals surface area contributed by atoms with Crippen LogP contribution in [0, 0.1) is 12.7 Å². The average Bonchev–Trinajstić information content (AvgIpc) is 3.29. The van der Waals surface area contributed by atoms with Crippen LogP contribution in [0.1, 0.15) is 45.8 Å². The van der Waals surface area contributed by atoms with Crippen LogP contribution in [0.3, 0.4) is 0 Å². The molecule has 1 fully saturated rings. The maximum Gasteiger partial charge on any atom is 0.255 e. The molecule has 1 heterocycles. The first-order valence-electron chi connectivity index (χ1n) is 11.5. The standard InChI is InChI=1S/C28H29FN2O2S/c1-19-8-12-22(13-9-19)27(33)31-25(18-34-28(31)23-14-16-24(29)17-15-23)26(32)30-20(2)10-11-21-6-4-3-5-7-21/h3-9,12-17,20,25,28H,10-11,18H2,1-2H3,(H,30,32). The van der Waals surface area contributed by atoms with Gasteiger partial charge in [0.2, 0.25) is 5.91 Å². The number of hydrogen-bond acceptors (Lipinski definition) is 3. The Labute approximate surface area is 204 Å². The summed E-state index contributed by atoms with van der Waals surface area (Å²) in [6.45, 7) is 3.96. The van der Waals surface area contributed by atoms with Gasteiger partial charge in [0.05, 0.1) is 0 Å². The number of benzene rings is 3. The molecule has 1 aliphatic rings. The van der Waals surface area contributed by atoms with Crippen molar-refractivity contribution < 1.29 is 14.0 Å². The van der Waals surface area contributed by atoms with E-state index in [9.17, 15) is 14.0 Å². The quantitative estimate of drug-likeness (QED) is 0.488. The Morgan fingerprint density at radius 1 is 1.03 bits per heavy atom. The lowest BCUT2D eigenvalue weighted by molar-refractivity contribution is -0.125. The number of nitrogens with one attached hydrogen (secondary N) is 1. The first kappa shape index (κ1) is 24.0. The second-order valence-electron chi connectivity index (χ2n) is 8.77. The molecule has 3 aromatic carbocycles. The van der Waals surface area contributed by atoms with Gasteiger partial charge in [0.15, 0.2) is 0 Å². The highest BCUT2D eigenvalue weighted by molar-refractivity contribution is 7.99. The summed E-state index contributed by atoms with van der Waals surface area (Å²) in [7, 11) is 0. The Morgan fingerprint density at radius 3 is 2.38 bits per heavy atom. The van der Waals surface area contributed by atoms with Crippen molar-refractivity contribution in [3.8, 4) is 0 Å². The third-order valence-corrected chi connectivity index (χ3v) is 7.41. The summed E-state index contributed by atoms with van der Waals surface area (Å²) >= 11 is 1.53. The van der Waals surface area contributed by atoms with Crippen LogP contribution in [0.5, 0.6) is 0 Å². The Hall–Kier alpha value is -3.12. The summed E-state index contributed by atoms with van der Waals surface area (Å²) in [5, 5.41) is 2.76. The highest BCUT2D eigenvalue weighted by Crippen LogP contribution is 2.42. The van der Waals surface area contributed by atoms with Crippen LogP contribution in [-0.2, 0) is 11.2 Å². The number of amides is 2. The predicted octanol–water partition coefficient (Wildman–Crippen LogP) is 5.53. The third kappa shape index (κ3) is 5.68. The molecule has 3 aromatic rings. The van der Waals surface area contributed by atoms with Gasteiger partial charge in [0.1, 0.15) is 17.2 Å². The summed E-state index contributed by atoms with van der Waals surface area (Å²) in [6.07, 6.45) is 1.68. The topological polar surface area (TPSA) is 49.4 Å². The highest BCUT2D eigenvalue weighted by Gasteiger charge is 2.42. The van der Waals surface area contributed by atoms with Gasteiger partial charge in [0.25, 0.3) is 5.91 Å². The van der Waals surface area contributed by atoms with Crippen LogP contribution in [0.25, 0.3) is 0 Å². The van der Waals surface area contributed by atoms with Gasteiger partial charge in [-0.25, -0.2) is 4.39 Å². The Morgan fingerprint density at radius 2 is 1.71 bits per heavy atom. The fourth-order valence-corrected chi connectivity index (χ4v) is 5.55. The number of carbonyl (C=O) groups is 2. The molecule has 0 bridgehead atoms. The molecule has 4 nitrogen and oxygen atoms in total. The van der Waals surface area contributed by atoms with Crippen molar-refractivity contribution >= 4 is 23.6 Å². The Balaban J connectivity index is 1.51. The predicted molar refractivity (Wildman–Crippen MR) is 135 cm³/mol. The van der Waals surface area contributed by atoms with Gasteiger partial charge < -0.3 is 10.2 Å². The van der Waals surface area contributed by atoms with Gasteiger partial charge in [-0.15, -0.1) is 11.8 Å². The molecule has 34 heavy (non-hydrogen) atoms. The van der Waals surface area contributed by atoms with Crippen LogP contribution < -0.4 is 5.32 Å². The van der Waals surface area contributed by atoms with E-state index in [2.05, 4.69) is 17.4 Å². The summed E-state index contributed by atoms with van der Waals surface area (Å²) in [5.41, 5.74) is 3.63. The molecule has 0 spiro atoms. The van der Waals surface area contributed by atoms with Gasteiger partial charge in [-0.1, -0.05) is 60.2 Å². The smallest absolute Gasteiger partial charge is 0.255 e. The largest absolute Gasteiger partial charge is 0.352 e. The molecule has 1 N–H and O–H groups in total. The minimum atomic E-state index is -0.604. The van der Waals surface area contributed by atoms with Crippen LogP contribution >= 0.6 is 11.8 Å². The van der Waals surface area contributed by atoms with Crippen molar-refractivity contribution in [1.82, 2.24) is 10.2 Å². The van der Waals surface area contributed by atoms with E-state index < -0.39 is 6.04 Å². The lowest BCUT2D eigenvalue weighted by Gasteiger charge is -2.30. The molecule has 1 saturated heterocycles. The van der Waals surface area contributed by atoms with E-state index in [0.717, 1.165) is 24.0 Å². The van der Waals surface area contributed by atoms with Gasteiger partial charge in [-0.3, -0.25) is 9.59 Å². The Kier molecular flexibility index (Phi) is 7.68. The summed E-state index contributed by atoms with van der Waals surface area (Å²) in [4.78, 5) is 28.6. The number of halogens is 1. The fraction of sp³-hybridized carbons (Fsp3) is 0.286. The van der Waals surface area contributed by atoms with E-state index in [1.807, 2.05) is 44.2 Å². The van der Waals surface area contributed by atoms with E-state index in [0.29, 0.717) is 11.3 Å². The molecule has 0 saturated carbocycles. The van der Waals surface area contributed by atoms with E-state index in [-0.39, 0.29) is 29.0 Å². The maximum absolute atomic E-state index is 13.6. The van der Waals surface area contributed by atoms with Crippen LogP contribution in [-0.4, -0.2) is 34.6 Å². The molecular formula is C28H29FN2O2S. The number of hydrogen-bond donors (Lipinski definition) is 1. The van der Waals surface area contributed by atoms with E-state index >= 15 is 0 Å². The molecule has 6 heteroatoms. The molecule has 0 aliphatic carbocycles. The Bertz CT molecular complexity index is 1120.